The van der Waals surface area contributed by atoms with Crippen LogP contribution in [0.4, 0.5) is 0 Å². The van der Waals surface area contributed by atoms with E-state index in [0.29, 0.717) is 0 Å². The van der Waals surface area contributed by atoms with Gasteiger partial charge in [0.1, 0.15) is 0 Å². The van der Waals surface area contributed by atoms with Crippen LogP contribution in [0.3, 0.4) is 0 Å². The predicted octanol–water partition coefficient (Wildman–Crippen LogP) is 0.0529. The van der Waals surface area contributed by atoms with Crippen molar-refractivity contribution >= 4 is 11.9 Å². The maximum absolute atomic E-state index is 10.0. The Bertz CT molecular complexity index is 191. The summed E-state index contributed by atoms with van der Waals surface area (Å²) in [4.78, 5) is 19.8. The van der Waals surface area contributed by atoms with Gasteiger partial charge in [0.25, 0.3) is 0 Å². The number of rotatable bonds is 5. The molecule has 0 aliphatic carbocycles. The van der Waals surface area contributed by atoms with Crippen LogP contribution in [0.5, 0.6) is 0 Å². The number of aliphatic carboxylic acids is 2. The number of aliphatic hydroxyl groups is 1. The fraction of sp³-hybridized carbons (Fsp3) is 0.778. The van der Waals surface area contributed by atoms with Crippen molar-refractivity contribution in [2.24, 2.45) is 11.8 Å². The molecule has 0 aliphatic heterocycles. The van der Waals surface area contributed by atoms with E-state index in [9.17, 15) is 9.59 Å². The van der Waals surface area contributed by atoms with Crippen molar-refractivity contribution in [3.63, 3.8) is 0 Å². The third kappa shape index (κ3) is 10.8. The number of carboxylic acid groups (broad SMARTS) is 2. The maximum atomic E-state index is 10.0. The molecule has 0 fully saturated rings. The van der Waals surface area contributed by atoms with Gasteiger partial charge < -0.3 is 20.1 Å². The minimum absolute atomic E-state index is 0.282. The predicted molar refractivity (Wildman–Crippen MR) is 52.6 cm³/mol. The summed E-state index contributed by atoms with van der Waals surface area (Å²) in [5.74, 6) is -2.78. The third-order valence-electron chi connectivity index (χ3n) is 1.53. The SMILES string of the molecule is COC[C@@H](C)C(=O)O.C[C@H](CO)C(=O)O. The molecule has 0 unspecified atom stereocenters. The van der Waals surface area contributed by atoms with Crippen LogP contribution in [0.15, 0.2) is 0 Å². The topological polar surface area (TPSA) is 104 Å². The Morgan fingerprint density at radius 3 is 1.60 bits per heavy atom. The fourth-order valence-corrected chi connectivity index (χ4v) is 0.399. The molecule has 6 nitrogen and oxygen atoms in total. The molecular formula is C9H18O6. The van der Waals surface area contributed by atoms with Crippen LogP contribution < -0.4 is 0 Å². The lowest BCUT2D eigenvalue weighted by molar-refractivity contribution is -0.143. The number of carboxylic acids is 2. The summed E-state index contributed by atoms with van der Waals surface area (Å²) in [6, 6.07) is 0. The second-order valence-corrected chi connectivity index (χ2v) is 3.12. The first-order valence-electron chi connectivity index (χ1n) is 4.42. The molecule has 15 heavy (non-hydrogen) atoms. The normalized spacial score (nSPS) is 13.3. The summed E-state index contributed by atoms with van der Waals surface area (Å²) in [5.41, 5.74) is 0. The smallest absolute Gasteiger partial charge is 0.308 e. The van der Waals surface area contributed by atoms with Gasteiger partial charge in [-0.3, -0.25) is 9.59 Å². The van der Waals surface area contributed by atoms with E-state index in [1.807, 2.05) is 0 Å². The van der Waals surface area contributed by atoms with E-state index < -0.39 is 17.9 Å². The lowest BCUT2D eigenvalue weighted by Gasteiger charge is -2.01. The van der Waals surface area contributed by atoms with E-state index in [-0.39, 0.29) is 19.1 Å². The number of aliphatic hydroxyl groups excluding tert-OH is 1. The Hall–Kier alpha value is -1.14. The van der Waals surface area contributed by atoms with Crippen molar-refractivity contribution in [3.8, 4) is 0 Å². The molecule has 3 N–H and O–H groups in total. The van der Waals surface area contributed by atoms with Crippen LogP contribution in [0.25, 0.3) is 0 Å². The molecule has 0 saturated heterocycles. The first kappa shape index (κ1) is 16.3. The Kier molecular flexibility index (Phi) is 10.2. The minimum atomic E-state index is -0.956. The van der Waals surface area contributed by atoms with Crippen molar-refractivity contribution in [1.82, 2.24) is 0 Å². The Morgan fingerprint density at radius 2 is 1.53 bits per heavy atom. The summed E-state index contributed by atoms with van der Waals surface area (Å²) in [6.07, 6.45) is 0. The second kappa shape index (κ2) is 9.42. The first-order chi connectivity index (χ1) is 6.86. The maximum Gasteiger partial charge on any atom is 0.308 e. The summed E-state index contributed by atoms with van der Waals surface area (Å²) in [5, 5.41) is 24.4. The summed E-state index contributed by atoms with van der Waals surface area (Å²) in [7, 11) is 1.49. The summed E-state index contributed by atoms with van der Waals surface area (Å²) in [6.45, 7) is 3.05. The standard InChI is InChI=1S/C5H10O3.C4H8O3/c1-4(3-8-2)5(6)7;1-3(2-5)4(6)7/h4H,3H2,1-2H3,(H,6,7);3,5H,2H2,1H3,(H,6,7)/t4-;3-/m11/s1. The molecule has 0 rings (SSSR count). The van der Waals surface area contributed by atoms with Gasteiger partial charge in [0.15, 0.2) is 0 Å². The average Bonchev–Trinajstić information content (AvgIpc) is 2.17. The molecule has 0 aliphatic rings. The Morgan fingerprint density at radius 1 is 1.13 bits per heavy atom. The molecular weight excluding hydrogens is 204 g/mol. The molecule has 0 amide bonds. The van der Waals surface area contributed by atoms with Crippen LogP contribution in [-0.2, 0) is 14.3 Å². The zero-order valence-electron chi connectivity index (χ0n) is 9.14. The van der Waals surface area contributed by atoms with Gasteiger partial charge in [-0.1, -0.05) is 0 Å². The lowest BCUT2D eigenvalue weighted by atomic mass is 10.2. The van der Waals surface area contributed by atoms with Crippen LogP contribution in [-0.4, -0.2) is 47.6 Å². The van der Waals surface area contributed by atoms with Crippen molar-refractivity contribution in [2.75, 3.05) is 20.3 Å². The number of ether oxygens (including phenoxy) is 1. The summed E-state index contributed by atoms with van der Waals surface area (Å²) < 4.78 is 4.58. The largest absolute Gasteiger partial charge is 0.481 e. The third-order valence-corrected chi connectivity index (χ3v) is 1.53. The van der Waals surface area contributed by atoms with Crippen molar-refractivity contribution in [1.29, 1.82) is 0 Å². The highest BCUT2D eigenvalue weighted by Crippen LogP contribution is 1.92. The van der Waals surface area contributed by atoms with Gasteiger partial charge in [-0.05, 0) is 13.8 Å². The zero-order valence-corrected chi connectivity index (χ0v) is 9.14. The van der Waals surface area contributed by atoms with E-state index >= 15 is 0 Å². The number of carbonyl (C=O) groups is 2. The monoisotopic (exact) mass is 222 g/mol. The van der Waals surface area contributed by atoms with Crippen molar-refractivity contribution in [3.05, 3.63) is 0 Å². The molecule has 0 radical (unpaired) electrons. The lowest BCUT2D eigenvalue weighted by Crippen LogP contribution is -2.14. The molecule has 0 bridgehead atoms. The highest BCUT2D eigenvalue weighted by molar-refractivity contribution is 5.69. The van der Waals surface area contributed by atoms with Gasteiger partial charge in [-0.15, -0.1) is 0 Å². The van der Waals surface area contributed by atoms with E-state index in [1.54, 1.807) is 6.92 Å². The van der Waals surface area contributed by atoms with Crippen LogP contribution >= 0.6 is 0 Å². The number of hydrogen-bond donors (Lipinski definition) is 3. The zero-order chi connectivity index (χ0) is 12.4. The fourth-order valence-electron chi connectivity index (χ4n) is 0.399. The number of hydrogen-bond acceptors (Lipinski definition) is 4. The van der Waals surface area contributed by atoms with Gasteiger partial charge in [0.05, 0.1) is 25.0 Å². The van der Waals surface area contributed by atoms with Crippen LogP contribution in [0.2, 0.25) is 0 Å². The highest BCUT2D eigenvalue weighted by atomic mass is 16.5. The molecule has 2 atom stereocenters. The van der Waals surface area contributed by atoms with Gasteiger partial charge in [0, 0.05) is 7.11 Å². The van der Waals surface area contributed by atoms with E-state index in [1.165, 1.54) is 14.0 Å². The summed E-state index contributed by atoms with van der Waals surface area (Å²) >= 11 is 0. The van der Waals surface area contributed by atoms with Crippen molar-refractivity contribution < 1.29 is 29.6 Å². The minimum Gasteiger partial charge on any atom is -0.481 e. The van der Waals surface area contributed by atoms with E-state index in [4.69, 9.17) is 15.3 Å². The molecule has 0 aromatic carbocycles. The molecule has 0 saturated carbocycles. The molecule has 90 valence electrons. The average molecular weight is 222 g/mol. The van der Waals surface area contributed by atoms with Gasteiger partial charge in [-0.25, -0.2) is 0 Å². The number of methoxy groups -OCH3 is 1. The molecule has 0 heterocycles. The first-order valence-corrected chi connectivity index (χ1v) is 4.42. The molecule has 6 heteroatoms. The molecule has 0 aromatic heterocycles. The Balaban J connectivity index is 0. The van der Waals surface area contributed by atoms with Gasteiger partial charge in [0.2, 0.25) is 0 Å². The Labute approximate surface area is 88.5 Å². The van der Waals surface area contributed by atoms with Crippen LogP contribution in [0, 0.1) is 11.8 Å². The van der Waals surface area contributed by atoms with Gasteiger partial charge >= 0.3 is 11.9 Å². The highest BCUT2D eigenvalue weighted by Gasteiger charge is 2.08. The molecule has 0 spiro atoms. The second-order valence-electron chi connectivity index (χ2n) is 3.12. The van der Waals surface area contributed by atoms with E-state index in [0.717, 1.165) is 0 Å². The van der Waals surface area contributed by atoms with Crippen molar-refractivity contribution in [2.45, 2.75) is 13.8 Å². The van der Waals surface area contributed by atoms with Gasteiger partial charge in [-0.2, -0.15) is 0 Å². The quantitative estimate of drug-likeness (QED) is 0.607. The van der Waals surface area contributed by atoms with Crippen LogP contribution in [0.1, 0.15) is 13.8 Å². The van der Waals surface area contributed by atoms with E-state index in [2.05, 4.69) is 4.74 Å². The molecule has 0 aromatic rings.